The van der Waals surface area contributed by atoms with Crippen molar-refractivity contribution in [3.8, 4) is 0 Å². The Morgan fingerprint density at radius 3 is 2.67 bits per heavy atom. The van der Waals surface area contributed by atoms with E-state index in [9.17, 15) is 4.79 Å². The Labute approximate surface area is 87.2 Å². The van der Waals surface area contributed by atoms with Gasteiger partial charge in [-0.2, -0.15) is 0 Å². The molecule has 0 aliphatic heterocycles. The summed E-state index contributed by atoms with van der Waals surface area (Å²) in [6, 6.07) is 0. The van der Waals surface area contributed by atoms with Gasteiger partial charge in [-0.1, -0.05) is 0 Å². The number of rotatable bonds is 0. The maximum absolute atomic E-state index is 11.5. The molecule has 0 saturated carbocycles. The van der Waals surface area contributed by atoms with Crippen LogP contribution in [0, 0.1) is 6.92 Å². The molecule has 0 amide bonds. The first kappa shape index (κ1) is 9.89. The van der Waals surface area contributed by atoms with Crippen LogP contribution in [-0.4, -0.2) is 19.5 Å². The van der Waals surface area contributed by atoms with Crippen molar-refractivity contribution in [3.63, 3.8) is 0 Å². The third kappa shape index (κ3) is 1.44. The van der Waals surface area contributed by atoms with Crippen molar-refractivity contribution in [2.24, 2.45) is 0 Å². The molecule has 0 aromatic carbocycles. The molecule has 2 aromatic heterocycles. The van der Waals surface area contributed by atoms with E-state index in [4.69, 9.17) is 0 Å². The molecule has 15 heavy (non-hydrogen) atoms. The molecular formula is C10H14N4O. The molecule has 80 valence electrons. The number of nitrogens with zero attached hydrogens (tertiary/aromatic N) is 3. The second-order valence-corrected chi connectivity index (χ2v) is 4.57. The molecule has 0 saturated heterocycles. The van der Waals surface area contributed by atoms with Crippen LogP contribution in [0.1, 0.15) is 26.6 Å². The highest BCUT2D eigenvalue weighted by molar-refractivity contribution is 5.70. The summed E-state index contributed by atoms with van der Waals surface area (Å²) >= 11 is 0. The van der Waals surface area contributed by atoms with E-state index in [0.29, 0.717) is 11.2 Å². The van der Waals surface area contributed by atoms with Crippen molar-refractivity contribution >= 4 is 11.2 Å². The molecule has 0 bridgehead atoms. The predicted octanol–water partition coefficient (Wildman–Crippen LogP) is 1.18. The third-order valence-electron chi connectivity index (χ3n) is 2.29. The second kappa shape index (κ2) is 2.92. The lowest BCUT2D eigenvalue weighted by atomic mass is 10.1. The minimum absolute atomic E-state index is 0.125. The largest absolute Gasteiger partial charge is 0.311 e. The minimum Gasteiger partial charge on any atom is -0.311 e. The molecule has 1 N–H and O–H groups in total. The van der Waals surface area contributed by atoms with Crippen LogP contribution in [0.4, 0.5) is 0 Å². The van der Waals surface area contributed by atoms with Crippen LogP contribution in [0.3, 0.4) is 0 Å². The number of aromatic amines is 1. The maximum Gasteiger partial charge on any atom is 0.278 e. The van der Waals surface area contributed by atoms with E-state index in [2.05, 4.69) is 35.7 Å². The van der Waals surface area contributed by atoms with Crippen molar-refractivity contribution in [1.82, 2.24) is 19.5 Å². The van der Waals surface area contributed by atoms with Crippen molar-refractivity contribution in [2.75, 3.05) is 0 Å². The Bertz CT molecular complexity index is 559. The quantitative estimate of drug-likeness (QED) is 0.704. The Morgan fingerprint density at radius 2 is 2.07 bits per heavy atom. The number of hydrogen-bond acceptors (Lipinski definition) is 3. The first-order valence-electron chi connectivity index (χ1n) is 4.84. The van der Waals surface area contributed by atoms with E-state index in [1.54, 1.807) is 0 Å². The molecule has 0 atom stereocenters. The highest BCUT2D eigenvalue weighted by Gasteiger charge is 2.21. The molecule has 5 nitrogen and oxygen atoms in total. The molecule has 0 spiro atoms. The zero-order chi connectivity index (χ0) is 11.2. The average Bonchev–Trinajstić information content (AvgIpc) is 2.41. The third-order valence-corrected chi connectivity index (χ3v) is 2.29. The fraction of sp³-hybridized carbons (Fsp3) is 0.500. The van der Waals surface area contributed by atoms with Gasteiger partial charge in [-0.15, -0.1) is 0 Å². The normalized spacial score (nSPS) is 12.3. The molecule has 2 rings (SSSR count). The van der Waals surface area contributed by atoms with Gasteiger partial charge >= 0.3 is 0 Å². The molecule has 0 fully saturated rings. The van der Waals surface area contributed by atoms with Gasteiger partial charge < -0.3 is 9.55 Å². The van der Waals surface area contributed by atoms with E-state index in [0.717, 1.165) is 5.82 Å². The Hall–Kier alpha value is -1.65. The van der Waals surface area contributed by atoms with Gasteiger partial charge in [0.25, 0.3) is 5.56 Å². The minimum atomic E-state index is -0.189. The number of nitrogens with one attached hydrogen (secondary N) is 1. The first-order chi connectivity index (χ1) is 6.91. The monoisotopic (exact) mass is 206 g/mol. The maximum atomic E-state index is 11.5. The zero-order valence-electron chi connectivity index (χ0n) is 9.33. The lowest BCUT2D eigenvalue weighted by molar-refractivity contribution is 0.397. The fourth-order valence-electron chi connectivity index (χ4n) is 1.82. The summed E-state index contributed by atoms with van der Waals surface area (Å²) in [5, 5.41) is 0. The molecule has 0 unspecified atom stereocenters. The summed E-state index contributed by atoms with van der Waals surface area (Å²) < 4.78 is 1.97. The van der Waals surface area contributed by atoms with E-state index < -0.39 is 0 Å². The standard InChI is InChI=1S/C10H14N4O/c1-6-13-7-8(11-5-12-9(7)15)14(6)10(2,3)4/h5H,1-4H3,(H,11,12,15). The average molecular weight is 206 g/mol. The molecule has 0 aliphatic carbocycles. The van der Waals surface area contributed by atoms with Gasteiger partial charge in [0.2, 0.25) is 0 Å². The summed E-state index contributed by atoms with van der Waals surface area (Å²) in [4.78, 5) is 22.4. The van der Waals surface area contributed by atoms with Gasteiger partial charge in [0.15, 0.2) is 11.2 Å². The van der Waals surface area contributed by atoms with E-state index in [1.165, 1.54) is 6.33 Å². The first-order valence-corrected chi connectivity index (χ1v) is 4.84. The van der Waals surface area contributed by atoms with Gasteiger partial charge in [0.05, 0.1) is 6.33 Å². The highest BCUT2D eigenvalue weighted by Crippen LogP contribution is 2.20. The van der Waals surface area contributed by atoms with Crippen LogP contribution in [0.15, 0.2) is 11.1 Å². The van der Waals surface area contributed by atoms with Gasteiger partial charge in [0, 0.05) is 5.54 Å². The van der Waals surface area contributed by atoms with Gasteiger partial charge in [-0.05, 0) is 27.7 Å². The lowest BCUT2D eigenvalue weighted by Crippen LogP contribution is -2.23. The number of fused-ring (bicyclic) bond motifs is 1. The number of H-pyrrole nitrogens is 1. The number of imidazole rings is 1. The van der Waals surface area contributed by atoms with Crippen molar-refractivity contribution in [1.29, 1.82) is 0 Å². The number of aromatic nitrogens is 4. The van der Waals surface area contributed by atoms with Crippen molar-refractivity contribution in [2.45, 2.75) is 33.2 Å². The smallest absolute Gasteiger partial charge is 0.278 e. The molecular weight excluding hydrogens is 192 g/mol. The predicted molar refractivity (Wildman–Crippen MR) is 57.9 cm³/mol. The zero-order valence-corrected chi connectivity index (χ0v) is 9.33. The summed E-state index contributed by atoms with van der Waals surface area (Å²) in [6.45, 7) is 8.06. The van der Waals surface area contributed by atoms with E-state index in [1.807, 2.05) is 11.5 Å². The van der Waals surface area contributed by atoms with E-state index >= 15 is 0 Å². The molecule has 2 heterocycles. The summed E-state index contributed by atoms with van der Waals surface area (Å²) in [5.74, 6) is 0.807. The second-order valence-electron chi connectivity index (χ2n) is 4.57. The van der Waals surface area contributed by atoms with Crippen LogP contribution in [0.5, 0.6) is 0 Å². The number of aryl methyl sites for hydroxylation is 1. The molecule has 0 aliphatic rings. The van der Waals surface area contributed by atoms with Gasteiger partial charge in [0.1, 0.15) is 5.82 Å². The summed E-state index contributed by atoms with van der Waals surface area (Å²) in [6.07, 6.45) is 1.41. The molecule has 5 heteroatoms. The Morgan fingerprint density at radius 1 is 1.40 bits per heavy atom. The lowest BCUT2D eigenvalue weighted by Gasteiger charge is -2.22. The molecule has 0 radical (unpaired) electrons. The fourth-order valence-corrected chi connectivity index (χ4v) is 1.82. The topological polar surface area (TPSA) is 63.6 Å². The van der Waals surface area contributed by atoms with E-state index in [-0.39, 0.29) is 11.1 Å². The highest BCUT2D eigenvalue weighted by atomic mass is 16.1. The van der Waals surface area contributed by atoms with Crippen LogP contribution >= 0.6 is 0 Å². The number of hydrogen-bond donors (Lipinski definition) is 1. The summed E-state index contributed by atoms with van der Waals surface area (Å²) in [7, 11) is 0. The van der Waals surface area contributed by atoms with Crippen LogP contribution in [0.2, 0.25) is 0 Å². The Kier molecular flexibility index (Phi) is 1.92. The van der Waals surface area contributed by atoms with Crippen molar-refractivity contribution in [3.05, 3.63) is 22.5 Å². The summed E-state index contributed by atoms with van der Waals surface area (Å²) in [5.41, 5.74) is 0.736. The SMILES string of the molecule is Cc1nc2c(=O)[nH]cnc2n1C(C)(C)C. The van der Waals surface area contributed by atoms with Gasteiger partial charge in [-0.3, -0.25) is 4.79 Å². The van der Waals surface area contributed by atoms with Gasteiger partial charge in [-0.25, -0.2) is 9.97 Å². The van der Waals surface area contributed by atoms with Crippen LogP contribution in [0.25, 0.3) is 11.2 Å². The molecule has 2 aromatic rings. The van der Waals surface area contributed by atoms with Crippen LogP contribution < -0.4 is 5.56 Å². The van der Waals surface area contributed by atoms with Crippen LogP contribution in [-0.2, 0) is 5.54 Å². The Balaban J connectivity index is 2.92. The van der Waals surface area contributed by atoms with Crippen molar-refractivity contribution < 1.29 is 0 Å².